The molecule has 0 saturated heterocycles. The summed E-state index contributed by atoms with van der Waals surface area (Å²) in [4.78, 5) is 0. The first-order chi connectivity index (χ1) is 11.5. The zero-order chi connectivity index (χ0) is 19.2. The van der Waals surface area contributed by atoms with Crippen molar-refractivity contribution in [2.45, 2.75) is 44.5 Å². The average Bonchev–Trinajstić information content (AvgIpc) is 2.87. The van der Waals surface area contributed by atoms with Crippen LogP contribution in [-0.2, 0) is 0 Å². The summed E-state index contributed by atoms with van der Waals surface area (Å²) in [6, 6.07) is 0. The van der Waals surface area contributed by atoms with Crippen LogP contribution in [0.5, 0.6) is 0 Å². The van der Waals surface area contributed by atoms with E-state index in [0.717, 1.165) is 0 Å². The molecule has 0 aromatic heterocycles. The molecule has 0 aliphatic carbocycles. The number of rotatable bonds is 4. The molecule has 1 aromatic rings. The van der Waals surface area contributed by atoms with Gasteiger partial charge in [0.05, 0.1) is 0 Å². The van der Waals surface area contributed by atoms with Crippen LogP contribution >= 0.6 is 0 Å². The number of alkyl halides is 3. The van der Waals surface area contributed by atoms with Gasteiger partial charge >= 0.3 is 6.18 Å². The van der Waals surface area contributed by atoms with Crippen molar-refractivity contribution in [1.29, 1.82) is 0 Å². The highest BCUT2D eigenvalue weighted by Crippen LogP contribution is 2.45. The summed E-state index contributed by atoms with van der Waals surface area (Å²) in [6.07, 6.45) is -5.77. The molecule has 1 N–H and O–H groups in total. The minimum Gasteiger partial charge on any atom is -0.362 e. The molecule has 25 heavy (non-hydrogen) atoms. The van der Waals surface area contributed by atoms with Gasteiger partial charge in [0.1, 0.15) is 5.69 Å². The molecule has 1 unspecified atom stereocenters. The zero-order valence-electron chi connectivity index (χ0n) is 12.7. The second-order valence-electron chi connectivity index (χ2n) is 5.49. The van der Waals surface area contributed by atoms with Crippen LogP contribution in [0.4, 0.5) is 40.8 Å². The van der Waals surface area contributed by atoms with E-state index < -0.39 is 58.1 Å². The number of nitrogens with zero attached hydrogens (tertiary/aromatic N) is 2. The van der Waals surface area contributed by atoms with Gasteiger partial charge in [0.15, 0.2) is 23.3 Å². The molecule has 0 bridgehead atoms. The number of aliphatic hydroxyl groups is 1. The Morgan fingerprint density at radius 2 is 1.48 bits per heavy atom. The molecule has 0 radical (unpaired) electrons. The maximum atomic E-state index is 13.9. The summed E-state index contributed by atoms with van der Waals surface area (Å²) < 4.78 is 107. The van der Waals surface area contributed by atoms with Gasteiger partial charge in [-0.1, -0.05) is 13.3 Å². The van der Waals surface area contributed by atoms with E-state index >= 15 is 0 Å². The Morgan fingerprint density at radius 3 is 1.92 bits per heavy atom. The highest BCUT2D eigenvalue weighted by molar-refractivity contribution is 5.89. The van der Waals surface area contributed by atoms with E-state index in [-0.39, 0.29) is 12.1 Å². The molecule has 3 nitrogen and oxygen atoms in total. The topological polar surface area (TPSA) is 35.8 Å². The van der Waals surface area contributed by atoms with Crippen molar-refractivity contribution in [3.8, 4) is 0 Å². The van der Waals surface area contributed by atoms with Gasteiger partial charge in [0, 0.05) is 12.1 Å². The molecule has 1 heterocycles. The van der Waals surface area contributed by atoms with Crippen LogP contribution in [0.3, 0.4) is 0 Å². The van der Waals surface area contributed by atoms with Gasteiger partial charge in [-0.05, 0) is 12.8 Å². The molecule has 1 aromatic carbocycles. The average molecular weight is 376 g/mol. The van der Waals surface area contributed by atoms with E-state index in [1.54, 1.807) is 6.92 Å². The third-order valence-electron chi connectivity index (χ3n) is 3.71. The maximum absolute atomic E-state index is 13.9. The molecular formula is C14H12F8N2O. The van der Waals surface area contributed by atoms with Gasteiger partial charge in [0.25, 0.3) is 5.72 Å². The van der Waals surface area contributed by atoms with E-state index in [1.165, 1.54) is 0 Å². The molecule has 0 amide bonds. The molecule has 2 rings (SSSR count). The van der Waals surface area contributed by atoms with Crippen LogP contribution in [0, 0.1) is 29.1 Å². The van der Waals surface area contributed by atoms with E-state index in [9.17, 15) is 40.2 Å². The minimum atomic E-state index is -5.47. The lowest BCUT2D eigenvalue weighted by Crippen LogP contribution is -2.55. The van der Waals surface area contributed by atoms with Crippen LogP contribution in [0.15, 0.2) is 5.10 Å². The van der Waals surface area contributed by atoms with Gasteiger partial charge < -0.3 is 5.11 Å². The molecule has 0 fully saturated rings. The first-order valence-electron chi connectivity index (χ1n) is 7.12. The third-order valence-corrected chi connectivity index (χ3v) is 3.71. The minimum absolute atomic E-state index is 0.0409. The third kappa shape index (κ3) is 3.05. The van der Waals surface area contributed by atoms with Gasteiger partial charge in [0.2, 0.25) is 5.82 Å². The molecule has 1 aliphatic rings. The molecule has 0 spiro atoms. The second-order valence-corrected chi connectivity index (χ2v) is 5.49. The standard InChI is InChI=1S/C14H12F8N2O/c1-2-3-4-6-5-13(25,14(20,21)22)24(23-6)12-10(18)8(16)7(15)9(17)11(12)19/h25H,2-5H2,1H3. The van der Waals surface area contributed by atoms with Crippen LogP contribution in [0.25, 0.3) is 0 Å². The summed E-state index contributed by atoms with van der Waals surface area (Å²) in [6.45, 7) is 1.72. The van der Waals surface area contributed by atoms with E-state index in [0.29, 0.717) is 12.8 Å². The second kappa shape index (κ2) is 6.43. The Kier molecular flexibility index (Phi) is 4.99. The highest BCUT2D eigenvalue weighted by Gasteiger charge is 2.62. The highest BCUT2D eigenvalue weighted by atomic mass is 19.4. The predicted molar refractivity (Wildman–Crippen MR) is 71.3 cm³/mol. The molecule has 140 valence electrons. The Morgan fingerprint density at radius 1 is 1.00 bits per heavy atom. The summed E-state index contributed by atoms with van der Waals surface area (Å²) >= 11 is 0. The first kappa shape index (κ1) is 19.4. The number of benzene rings is 1. The lowest BCUT2D eigenvalue weighted by molar-refractivity contribution is -0.254. The van der Waals surface area contributed by atoms with Crippen LogP contribution in [-0.4, -0.2) is 22.7 Å². The monoisotopic (exact) mass is 376 g/mol. The maximum Gasteiger partial charge on any atom is 0.438 e. The van der Waals surface area contributed by atoms with Crippen molar-refractivity contribution >= 4 is 11.4 Å². The fraction of sp³-hybridized carbons (Fsp3) is 0.500. The summed E-state index contributed by atoms with van der Waals surface area (Å²) in [5, 5.41) is 12.6. The Labute approximate surface area is 136 Å². The van der Waals surface area contributed by atoms with Gasteiger partial charge in [-0.15, -0.1) is 0 Å². The van der Waals surface area contributed by atoms with Crippen molar-refractivity contribution < 1.29 is 40.2 Å². The van der Waals surface area contributed by atoms with Crippen molar-refractivity contribution in [1.82, 2.24) is 0 Å². The van der Waals surface area contributed by atoms with Crippen molar-refractivity contribution in [2.24, 2.45) is 5.10 Å². The molecule has 1 atom stereocenters. The van der Waals surface area contributed by atoms with Crippen molar-refractivity contribution in [3.05, 3.63) is 29.1 Å². The normalized spacial score (nSPS) is 21.0. The van der Waals surface area contributed by atoms with Crippen LogP contribution < -0.4 is 5.01 Å². The van der Waals surface area contributed by atoms with Crippen molar-refractivity contribution in [2.75, 3.05) is 5.01 Å². The van der Waals surface area contributed by atoms with E-state index in [2.05, 4.69) is 5.10 Å². The SMILES string of the molecule is CCCCC1=NN(c2c(F)c(F)c(F)c(F)c2F)C(O)(C(F)(F)F)C1. The lowest BCUT2D eigenvalue weighted by Gasteiger charge is -2.34. The molecule has 0 saturated carbocycles. The molecule has 11 heteroatoms. The number of hydrazone groups is 1. The van der Waals surface area contributed by atoms with Gasteiger partial charge in [-0.3, -0.25) is 0 Å². The fourth-order valence-corrected chi connectivity index (χ4v) is 2.37. The number of hydrogen-bond donors (Lipinski definition) is 1. The molecular weight excluding hydrogens is 364 g/mol. The Balaban J connectivity index is 2.67. The lowest BCUT2D eigenvalue weighted by atomic mass is 10.0. The number of hydrogen-bond acceptors (Lipinski definition) is 3. The van der Waals surface area contributed by atoms with Crippen LogP contribution in [0.1, 0.15) is 32.6 Å². The predicted octanol–water partition coefficient (Wildman–Crippen LogP) is 4.39. The number of unbranched alkanes of at least 4 members (excludes halogenated alkanes) is 1. The molecule has 1 aliphatic heterocycles. The first-order valence-corrected chi connectivity index (χ1v) is 7.12. The smallest absolute Gasteiger partial charge is 0.362 e. The Bertz CT molecular complexity index is 689. The van der Waals surface area contributed by atoms with Gasteiger partial charge in [-0.25, -0.2) is 27.0 Å². The number of anilines is 1. The van der Waals surface area contributed by atoms with Crippen LogP contribution in [0.2, 0.25) is 0 Å². The summed E-state index contributed by atoms with van der Waals surface area (Å²) in [7, 11) is 0. The zero-order valence-corrected chi connectivity index (χ0v) is 12.7. The largest absolute Gasteiger partial charge is 0.438 e. The summed E-state index contributed by atoms with van der Waals surface area (Å²) in [5.41, 5.74) is -6.15. The summed E-state index contributed by atoms with van der Waals surface area (Å²) in [5.74, 6) is -12.4. The Hall–Kier alpha value is -1.91. The van der Waals surface area contributed by atoms with E-state index in [4.69, 9.17) is 0 Å². The van der Waals surface area contributed by atoms with E-state index in [1.807, 2.05) is 0 Å². The van der Waals surface area contributed by atoms with Gasteiger partial charge in [-0.2, -0.15) is 18.3 Å². The number of halogens is 8. The quantitative estimate of drug-likeness (QED) is 0.481. The fourth-order valence-electron chi connectivity index (χ4n) is 2.37. The van der Waals surface area contributed by atoms with Crippen molar-refractivity contribution in [3.63, 3.8) is 0 Å².